The van der Waals surface area contributed by atoms with Crippen molar-refractivity contribution in [2.45, 2.75) is 6.61 Å². The SMILES string of the molecule is O=C(CN1CCN(C(=O)c2ccccc2OCc2ccc(F)cc2)CC1)Nc1ccccc1. The van der Waals surface area contributed by atoms with Crippen LogP contribution in [0.4, 0.5) is 10.1 Å². The number of para-hydroxylation sites is 2. The number of hydrogen-bond donors (Lipinski definition) is 1. The van der Waals surface area contributed by atoms with E-state index in [0.717, 1.165) is 11.3 Å². The van der Waals surface area contributed by atoms with Gasteiger partial charge < -0.3 is 15.0 Å². The Morgan fingerprint density at radius 3 is 2.24 bits per heavy atom. The number of nitrogens with zero attached hydrogens (tertiary/aromatic N) is 2. The van der Waals surface area contributed by atoms with E-state index < -0.39 is 0 Å². The number of benzene rings is 3. The van der Waals surface area contributed by atoms with Gasteiger partial charge in [0.05, 0.1) is 12.1 Å². The quantitative estimate of drug-likeness (QED) is 0.599. The highest BCUT2D eigenvalue weighted by Gasteiger charge is 2.25. The second-order valence-corrected chi connectivity index (χ2v) is 7.89. The predicted molar refractivity (Wildman–Crippen MR) is 125 cm³/mol. The number of carbonyl (C=O) groups is 2. The zero-order valence-corrected chi connectivity index (χ0v) is 18.2. The van der Waals surface area contributed by atoms with Crippen LogP contribution in [0.25, 0.3) is 0 Å². The molecule has 170 valence electrons. The molecule has 6 nitrogen and oxygen atoms in total. The minimum atomic E-state index is -0.300. The fourth-order valence-corrected chi connectivity index (χ4v) is 3.72. The van der Waals surface area contributed by atoms with Crippen molar-refractivity contribution in [1.82, 2.24) is 9.80 Å². The highest BCUT2D eigenvalue weighted by molar-refractivity contribution is 5.97. The molecule has 0 aliphatic carbocycles. The molecule has 1 heterocycles. The number of ether oxygens (including phenoxy) is 1. The Morgan fingerprint density at radius 1 is 0.848 bits per heavy atom. The first-order valence-corrected chi connectivity index (χ1v) is 10.9. The van der Waals surface area contributed by atoms with Gasteiger partial charge in [-0.25, -0.2) is 4.39 Å². The lowest BCUT2D eigenvalue weighted by molar-refractivity contribution is -0.117. The molecule has 1 aliphatic heterocycles. The second-order valence-electron chi connectivity index (χ2n) is 7.89. The minimum Gasteiger partial charge on any atom is -0.488 e. The molecule has 7 heteroatoms. The van der Waals surface area contributed by atoms with Crippen molar-refractivity contribution in [3.05, 3.63) is 95.8 Å². The van der Waals surface area contributed by atoms with E-state index in [9.17, 15) is 14.0 Å². The lowest BCUT2D eigenvalue weighted by Gasteiger charge is -2.34. The molecule has 1 saturated heterocycles. The molecule has 1 fully saturated rings. The van der Waals surface area contributed by atoms with E-state index in [1.807, 2.05) is 47.4 Å². The zero-order chi connectivity index (χ0) is 23.0. The average molecular weight is 448 g/mol. The maximum Gasteiger partial charge on any atom is 0.257 e. The molecular formula is C26H26FN3O3. The molecule has 0 aromatic heterocycles. The lowest BCUT2D eigenvalue weighted by Crippen LogP contribution is -2.50. The second kappa shape index (κ2) is 10.7. The van der Waals surface area contributed by atoms with Gasteiger partial charge in [0, 0.05) is 31.9 Å². The minimum absolute atomic E-state index is 0.0690. The first kappa shape index (κ1) is 22.5. The summed E-state index contributed by atoms with van der Waals surface area (Å²) < 4.78 is 19.0. The number of rotatable bonds is 7. The standard InChI is InChI=1S/C26H26FN3O3/c27-21-12-10-20(11-13-21)19-33-24-9-5-4-8-23(24)26(32)30-16-14-29(15-17-30)18-25(31)28-22-6-2-1-3-7-22/h1-13H,14-19H2,(H,28,31). The van der Waals surface area contributed by atoms with Crippen molar-refractivity contribution >= 4 is 17.5 Å². The van der Waals surface area contributed by atoms with Crippen molar-refractivity contribution in [2.24, 2.45) is 0 Å². The summed E-state index contributed by atoms with van der Waals surface area (Å²) in [6, 6.07) is 22.6. The van der Waals surface area contributed by atoms with Crippen LogP contribution >= 0.6 is 0 Å². The topological polar surface area (TPSA) is 61.9 Å². The van der Waals surface area contributed by atoms with Crippen LogP contribution in [0.3, 0.4) is 0 Å². The van der Waals surface area contributed by atoms with Gasteiger partial charge >= 0.3 is 0 Å². The molecule has 4 rings (SSSR count). The van der Waals surface area contributed by atoms with Crippen LogP contribution in [0.15, 0.2) is 78.9 Å². The number of anilines is 1. The van der Waals surface area contributed by atoms with Crippen molar-refractivity contribution < 1.29 is 18.7 Å². The van der Waals surface area contributed by atoms with E-state index in [-0.39, 0.29) is 30.8 Å². The molecule has 33 heavy (non-hydrogen) atoms. The van der Waals surface area contributed by atoms with Gasteiger partial charge in [-0.15, -0.1) is 0 Å². The smallest absolute Gasteiger partial charge is 0.257 e. The van der Waals surface area contributed by atoms with Gasteiger partial charge in [0.25, 0.3) is 5.91 Å². The first-order chi connectivity index (χ1) is 16.1. The summed E-state index contributed by atoms with van der Waals surface area (Å²) in [4.78, 5) is 29.3. The zero-order valence-electron chi connectivity index (χ0n) is 18.2. The number of carbonyl (C=O) groups excluding carboxylic acids is 2. The van der Waals surface area contributed by atoms with Crippen LogP contribution in [-0.2, 0) is 11.4 Å². The summed E-state index contributed by atoms with van der Waals surface area (Å²) in [5.41, 5.74) is 2.09. The first-order valence-electron chi connectivity index (χ1n) is 10.9. The van der Waals surface area contributed by atoms with Gasteiger partial charge in [0.2, 0.25) is 5.91 Å². The molecule has 0 atom stereocenters. The Hall–Kier alpha value is -3.71. The fourth-order valence-electron chi connectivity index (χ4n) is 3.72. The van der Waals surface area contributed by atoms with Crippen LogP contribution in [-0.4, -0.2) is 54.3 Å². The molecule has 0 bridgehead atoms. The monoisotopic (exact) mass is 447 g/mol. The molecule has 1 N–H and O–H groups in total. The van der Waals surface area contributed by atoms with Crippen LogP contribution in [0, 0.1) is 5.82 Å². The van der Waals surface area contributed by atoms with E-state index in [2.05, 4.69) is 5.32 Å². The molecule has 0 unspecified atom stereocenters. The van der Waals surface area contributed by atoms with Crippen molar-refractivity contribution in [1.29, 1.82) is 0 Å². The molecule has 0 radical (unpaired) electrons. The molecule has 2 amide bonds. The molecule has 0 saturated carbocycles. The number of amides is 2. The molecule has 3 aromatic carbocycles. The van der Waals surface area contributed by atoms with E-state index in [0.29, 0.717) is 37.5 Å². The summed E-state index contributed by atoms with van der Waals surface area (Å²) in [5, 5.41) is 2.89. The van der Waals surface area contributed by atoms with Crippen molar-refractivity contribution in [3.8, 4) is 5.75 Å². The Bertz CT molecular complexity index is 1080. The Morgan fingerprint density at radius 2 is 1.52 bits per heavy atom. The number of halogens is 1. The van der Waals surface area contributed by atoms with Gasteiger partial charge in [0.1, 0.15) is 18.2 Å². The van der Waals surface area contributed by atoms with E-state index in [4.69, 9.17) is 4.74 Å². The number of nitrogens with one attached hydrogen (secondary N) is 1. The summed E-state index contributed by atoms with van der Waals surface area (Å²) in [6.45, 7) is 2.83. The maximum atomic E-state index is 13.1. The van der Waals surface area contributed by atoms with E-state index in [1.54, 1.807) is 29.2 Å². The van der Waals surface area contributed by atoms with Gasteiger partial charge in [-0.2, -0.15) is 0 Å². The predicted octanol–water partition coefficient (Wildman–Crippen LogP) is 3.80. The summed E-state index contributed by atoms with van der Waals surface area (Å²) in [7, 11) is 0. The Labute approximate surface area is 192 Å². The van der Waals surface area contributed by atoms with Gasteiger partial charge in [0.15, 0.2) is 0 Å². The molecule has 0 spiro atoms. The molecule has 3 aromatic rings. The highest BCUT2D eigenvalue weighted by Crippen LogP contribution is 2.22. The third-order valence-electron chi connectivity index (χ3n) is 5.51. The van der Waals surface area contributed by atoms with Crippen molar-refractivity contribution in [3.63, 3.8) is 0 Å². The van der Waals surface area contributed by atoms with Crippen LogP contribution in [0.1, 0.15) is 15.9 Å². The van der Waals surface area contributed by atoms with Crippen LogP contribution < -0.4 is 10.1 Å². The summed E-state index contributed by atoms with van der Waals surface area (Å²) in [6.07, 6.45) is 0. The summed E-state index contributed by atoms with van der Waals surface area (Å²) in [5.74, 6) is 0.0288. The molecular weight excluding hydrogens is 421 g/mol. The van der Waals surface area contributed by atoms with Crippen LogP contribution in [0.5, 0.6) is 5.75 Å². The summed E-state index contributed by atoms with van der Waals surface area (Å²) >= 11 is 0. The van der Waals surface area contributed by atoms with Gasteiger partial charge in [-0.3, -0.25) is 14.5 Å². The normalized spacial score (nSPS) is 14.0. The van der Waals surface area contributed by atoms with Crippen molar-refractivity contribution in [2.75, 3.05) is 38.0 Å². The Kier molecular flexibility index (Phi) is 7.32. The number of piperazine rings is 1. The maximum absolute atomic E-state index is 13.1. The largest absolute Gasteiger partial charge is 0.488 e. The third kappa shape index (κ3) is 6.17. The average Bonchev–Trinajstić information content (AvgIpc) is 2.84. The van der Waals surface area contributed by atoms with E-state index in [1.165, 1.54) is 12.1 Å². The third-order valence-corrected chi connectivity index (χ3v) is 5.51. The fraction of sp³-hybridized carbons (Fsp3) is 0.231. The highest BCUT2D eigenvalue weighted by atomic mass is 19.1. The molecule has 1 aliphatic rings. The van der Waals surface area contributed by atoms with E-state index >= 15 is 0 Å². The van der Waals surface area contributed by atoms with Crippen LogP contribution in [0.2, 0.25) is 0 Å². The number of hydrogen-bond acceptors (Lipinski definition) is 4. The lowest BCUT2D eigenvalue weighted by atomic mass is 10.1. The van der Waals surface area contributed by atoms with Gasteiger partial charge in [-0.05, 0) is 42.0 Å². The van der Waals surface area contributed by atoms with Gasteiger partial charge in [-0.1, -0.05) is 42.5 Å². The Balaban J connectivity index is 1.30.